The molecule has 0 aliphatic heterocycles. The van der Waals surface area contributed by atoms with Crippen molar-refractivity contribution in [2.75, 3.05) is 0 Å². The molecule has 1 heterocycles. The molecule has 1 aliphatic rings. The van der Waals surface area contributed by atoms with Gasteiger partial charge in [-0.2, -0.15) is 0 Å². The lowest BCUT2D eigenvalue weighted by molar-refractivity contribution is 0.518. The van der Waals surface area contributed by atoms with Crippen molar-refractivity contribution in [3.05, 3.63) is 42.2 Å². The van der Waals surface area contributed by atoms with Crippen LogP contribution >= 0.6 is 0 Å². The molecule has 0 atom stereocenters. The molecule has 0 bridgehead atoms. The van der Waals surface area contributed by atoms with E-state index in [1.54, 1.807) is 0 Å². The summed E-state index contributed by atoms with van der Waals surface area (Å²) in [7, 11) is 0. The summed E-state index contributed by atoms with van der Waals surface area (Å²) in [5.74, 6) is 0.877. The molecule has 1 aromatic heterocycles. The van der Waals surface area contributed by atoms with Crippen molar-refractivity contribution in [2.24, 2.45) is 5.92 Å². The minimum absolute atomic E-state index is 0.877. The third kappa shape index (κ3) is 2.41. The highest BCUT2D eigenvalue weighted by Gasteiger charge is 2.09. The number of hydrogen-bond acceptors (Lipinski definition) is 1. The van der Waals surface area contributed by atoms with Gasteiger partial charge in [0.25, 0.3) is 0 Å². The fourth-order valence-electron chi connectivity index (χ4n) is 1.81. The summed E-state index contributed by atoms with van der Waals surface area (Å²) < 4.78 is 0. The predicted octanol–water partition coefficient (Wildman–Crippen LogP) is 2.98. The first-order valence-corrected chi connectivity index (χ1v) is 5.00. The van der Waals surface area contributed by atoms with Crippen LogP contribution in [0.25, 0.3) is 0 Å². The van der Waals surface area contributed by atoms with Crippen LogP contribution in [0, 0.1) is 5.92 Å². The van der Waals surface area contributed by atoms with Gasteiger partial charge >= 0.3 is 0 Å². The molecule has 0 radical (unpaired) electrons. The fourth-order valence-corrected chi connectivity index (χ4v) is 1.81. The van der Waals surface area contributed by atoms with Gasteiger partial charge in [-0.15, -0.1) is 0 Å². The standard InChI is InChI=1S/C12H15N/c1-2-6-11(5-1)8-9-12-7-3-4-10-13-12/h1-4,7,10-11H,5-6,8-9H2. The molecular formula is C12H15N. The van der Waals surface area contributed by atoms with Crippen LogP contribution in [0.5, 0.6) is 0 Å². The molecule has 0 fully saturated rings. The van der Waals surface area contributed by atoms with Crippen LogP contribution in [0.2, 0.25) is 0 Å². The van der Waals surface area contributed by atoms with Crippen LogP contribution in [-0.4, -0.2) is 4.98 Å². The monoisotopic (exact) mass is 173 g/mol. The molecule has 0 saturated heterocycles. The van der Waals surface area contributed by atoms with E-state index in [1.165, 1.54) is 25.0 Å². The van der Waals surface area contributed by atoms with Gasteiger partial charge in [0.2, 0.25) is 0 Å². The van der Waals surface area contributed by atoms with E-state index in [1.807, 2.05) is 12.3 Å². The summed E-state index contributed by atoms with van der Waals surface area (Å²) >= 11 is 0. The second-order valence-electron chi connectivity index (χ2n) is 3.67. The number of hydrogen-bond donors (Lipinski definition) is 0. The molecule has 0 unspecified atom stereocenters. The molecular weight excluding hydrogens is 158 g/mol. The smallest absolute Gasteiger partial charge is 0.0403 e. The van der Waals surface area contributed by atoms with Crippen LogP contribution in [0.1, 0.15) is 25.0 Å². The Morgan fingerprint density at radius 1 is 1.23 bits per heavy atom. The average molecular weight is 173 g/mol. The van der Waals surface area contributed by atoms with Crippen LogP contribution in [0.4, 0.5) is 0 Å². The van der Waals surface area contributed by atoms with Crippen molar-refractivity contribution in [1.29, 1.82) is 0 Å². The first-order valence-electron chi connectivity index (χ1n) is 5.00. The Hall–Kier alpha value is -1.11. The quantitative estimate of drug-likeness (QED) is 0.640. The molecule has 0 aromatic carbocycles. The van der Waals surface area contributed by atoms with Gasteiger partial charge in [-0.3, -0.25) is 4.98 Å². The normalized spacial score (nSPS) is 16.6. The molecule has 1 heteroatoms. The van der Waals surface area contributed by atoms with Gasteiger partial charge in [0.15, 0.2) is 0 Å². The second-order valence-corrected chi connectivity index (χ2v) is 3.67. The summed E-state index contributed by atoms with van der Waals surface area (Å²) in [4.78, 5) is 4.32. The van der Waals surface area contributed by atoms with Gasteiger partial charge in [0.05, 0.1) is 0 Å². The van der Waals surface area contributed by atoms with Crippen molar-refractivity contribution >= 4 is 0 Å². The van der Waals surface area contributed by atoms with Gasteiger partial charge in [-0.25, -0.2) is 0 Å². The third-order valence-corrected chi connectivity index (χ3v) is 2.64. The zero-order valence-electron chi connectivity index (χ0n) is 7.82. The molecule has 0 N–H and O–H groups in total. The molecule has 0 spiro atoms. The zero-order chi connectivity index (χ0) is 8.93. The maximum atomic E-state index is 4.32. The molecule has 2 rings (SSSR count). The minimum atomic E-state index is 0.877. The van der Waals surface area contributed by atoms with Crippen molar-refractivity contribution in [1.82, 2.24) is 4.98 Å². The lowest BCUT2D eigenvalue weighted by atomic mass is 10.00. The number of aromatic nitrogens is 1. The van der Waals surface area contributed by atoms with Crippen LogP contribution in [0.3, 0.4) is 0 Å². The number of pyridine rings is 1. The Balaban J connectivity index is 1.80. The lowest BCUT2D eigenvalue weighted by Gasteiger charge is -2.07. The fraction of sp³-hybridized carbons (Fsp3) is 0.417. The Kier molecular flexibility index (Phi) is 2.75. The summed E-state index contributed by atoms with van der Waals surface area (Å²) in [5, 5.41) is 0. The Labute approximate surface area is 79.5 Å². The SMILES string of the molecule is C1=CCC(CCc2ccccn2)C1. The summed E-state index contributed by atoms with van der Waals surface area (Å²) in [6.45, 7) is 0. The number of rotatable bonds is 3. The highest BCUT2D eigenvalue weighted by Crippen LogP contribution is 2.22. The topological polar surface area (TPSA) is 12.9 Å². The van der Waals surface area contributed by atoms with Crippen LogP contribution < -0.4 is 0 Å². The average Bonchev–Trinajstić information content (AvgIpc) is 2.69. The number of aryl methyl sites for hydroxylation is 1. The van der Waals surface area contributed by atoms with Gasteiger partial charge in [-0.05, 0) is 43.7 Å². The van der Waals surface area contributed by atoms with Crippen molar-refractivity contribution in [2.45, 2.75) is 25.7 Å². The first kappa shape index (κ1) is 8.49. The van der Waals surface area contributed by atoms with E-state index in [0.29, 0.717) is 0 Å². The molecule has 0 saturated carbocycles. The first-order chi connectivity index (χ1) is 6.45. The zero-order valence-corrected chi connectivity index (χ0v) is 7.82. The van der Waals surface area contributed by atoms with E-state index in [2.05, 4.69) is 29.3 Å². The number of nitrogens with zero attached hydrogens (tertiary/aromatic N) is 1. The van der Waals surface area contributed by atoms with E-state index in [-0.39, 0.29) is 0 Å². The Morgan fingerprint density at radius 2 is 2.08 bits per heavy atom. The molecule has 1 aliphatic carbocycles. The molecule has 1 nitrogen and oxygen atoms in total. The van der Waals surface area contributed by atoms with E-state index in [0.717, 1.165) is 12.3 Å². The maximum absolute atomic E-state index is 4.32. The van der Waals surface area contributed by atoms with Crippen LogP contribution in [-0.2, 0) is 6.42 Å². The molecule has 0 amide bonds. The van der Waals surface area contributed by atoms with E-state index in [9.17, 15) is 0 Å². The van der Waals surface area contributed by atoms with Gasteiger partial charge in [-0.1, -0.05) is 18.2 Å². The summed E-state index contributed by atoms with van der Waals surface area (Å²) in [6.07, 6.45) is 11.4. The van der Waals surface area contributed by atoms with E-state index < -0.39 is 0 Å². The summed E-state index contributed by atoms with van der Waals surface area (Å²) in [6, 6.07) is 6.15. The maximum Gasteiger partial charge on any atom is 0.0403 e. The highest BCUT2D eigenvalue weighted by atomic mass is 14.7. The van der Waals surface area contributed by atoms with E-state index in [4.69, 9.17) is 0 Å². The van der Waals surface area contributed by atoms with Gasteiger partial charge < -0.3 is 0 Å². The Bertz CT molecular complexity index is 268. The van der Waals surface area contributed by atoms with Crippen LogP contribution in [0.15, 0.2) is 36.5 Å². The molecule has 13 heavy (non-hydrogen) atoms. The molecule has 1 aromatic rings. The third-order valence-electron chi connectivity index (χ3n) is 2.64. The number of allylic oxidation sites excluding steroid dienone is 2. The Morgan fingerprint density at radius 3 is 2.77 bits per heavy atom. The second kappa shape index (κ2) is 4.22. The van der Waals surface area contributed by atoms with Gasteiger partial charge in [0.1, 0.15) is 0 Å². The van der Waals surface area contributed by atoms with Crippen molar-refractivity contribution in [3.8, 4) is 0 Å². The lowest BCUT2D eigenvalue weighted by Crippen LogP contribution is -1.97. The molecule has 68 valence electrons. The largest absolute Gasteiger partial charge is 0.261 e. The predicted molar refractivity (Wildman–Crippen MR) is 54.4 cm³/mol. The van der Waals surface area contributed by atoms with Crippen molar-refractivity contribution < 1.29 is 0 Å². The summed E-state index contributed by atoms with van der Waals surface area (Å²) in [5.41, 5.74) is 1.23. The van der Waals surface area contributed by atoms with Crippen molar-refractivity contribution in [3.63, 3.8) is 0 Å². The van der Waals surface area contributed by atoms with E-state index >= 15 is 0 Å². The van der Waals surface area contributed by atoms with Gasteiger partial charge in [0, 0.05) is 11.9 Å². The highest BCUT2D eigenvalue weighted by molar-refractivity contribution is 5.04. The minimum Gasteiger partial charge on any atom is -0.261 e.